The number of hydrogen-bond acceptors (Lipinski definition) is 11. The second-order valence-electron chi connectivity index (χ2n) is 20.7. The van der Waals surface area contributed by atoms with E-state index < -0.39 is 64.9 Å². The van der Waals surface area contributed by atoms with Gasteiger partial charge >= 0.3 is 29.8 Å². The van der Waals surface area contributed by atoms with Crippen molar-refractivity contribution >= 4 is 92.5 Å². The SMILES string of the molecule is COc1cc(NCc2ccccc2)c(Cl)cc1C(=O)O.O=C(O)c1ccc(CNc2c(F)cccc2F)cc1.O=C(O)c1ccc(CNc2ccc(F)c(F)c2F)cc1.O=C(O)c1ccc(NC2CCC(F)(F)CC2)cc1.O=C(O)c1ccc(NCc2ccccc2)c(I)c1. The molecule has 16 nitrogen and oxygen atoms in total. The summed E-state index contributed by atoms with van der Waals surface area (Å²) < 4.78 is 97.7. The summed E-state index contributed by atoms with van der Waals surface area (Å²) in [6, 6.07) is 51.8. The maximum absolute atomic E-state index is 13.4. The highest BCUT2D eigenvalue weighted by Gasteiger charge is 2.35. The number of halogens is 9. The quantitative estimate of drug-likeness (QED) is 0.0193. The number of carboxylic acid groups (broad SMARTS) is 5. The number of hydrogen-bond donors (Lipinski definition) is 10. The van der Waals surface area contributed by atoms with Gasteiger partial charge in [0.1, 0.15) is 28.6 Å². The molecule has 0 atom stereocenters. The highest BCUT2D eigenvalue weighted by Crippen LogP contribution is 2.35. The molecule has 0 radical (unpaired) electrons. The van der Waals surface area contributed by atoms with Crippen molar-refractivity contribution < 1.29 is 85.0 Å². The van der Waals surface area contributed by atoms with E-state index in [0.717, 1.165) is 44.7 Å². The van der Waals surface area contributed by atoms with E-state index in [0.29, 0.717) is 41.2 Å². The molecule has 1 aliphatic rings. The van der Waals surface area contributed by atoms with Crippen LogP contribution in [-0.2, 0) is 26.2 Å². The molecule has 1 fully saturated rings. The van der Waals surface area contributed by atoms with E-state index in [1.165, 1.54) is 73.3 Å². The molecule has 0 saturated heterocycles. The summed E-state index contributed by atoms with van der Waals surface area (Å²) in [5, 5.41) is 59.4. The molecule has 1 saturated carbocycles. The Labute approximate surface area is 559 Å². The molecule has 25 heteroatoms. The van der Waals surface area contributed by atoms with Crippen molar-refractivity contribution in [3.8, 4) is 5.75 Å². The molecule has 10 N–H and O–H groups in total. The van der Waals surface area contributed by atoms with E-state index in [-0.39, 0.29) is 71.4 Å². The highest BCUT2D eigenvalue weighted by molar-refractivity contribution is 14.1. The summed E-state index contributed by atoms with van der Waals surface area (Å²) in [5.74, 6) is -12.6. The summed E-state index contributed by atoms with van der Waals surface area (Å²) in [5.41, 5.74) is 6.58. The van der Waals surface area contributed by atoms with Crippen molar-refractivity contribution in [2.45, 2.75) is 63.8 Å². The van der Waals surface area contributed by atoms with E-state index in [1.807, 2.05) is 60.7 Å². The Kier molecular flexibility index (Phi) is 28.1. The monoisotopic (exact) mass is 1440 g/mol. The first-order valence-corrected chi connectivity index (χ1v) is 30.1. The second-order valence-corrected chi connectivity index (χ2v) is 22.3. The van der Waals surface area contributed by atoms with Crippen LogP contribution in [0.2, 0.25) is 5.02 Å². The van der Waals surface area contributed by atoms with Gasteiger partial charge in [-0.1, -0.05) is 103 Å². The van der Waals surface area contributed by atoms with E-state index in [1.54, 1.807) is 60.7 Å². The third kappa shape index (κ3) is 23.6. The Balaban J connectivity index is 0.000000188. The van der Waals surface area contributed by atoms with Crippen molar-refractivity contribution in [1.82, 2.24) is 0 Å². The summed E-state index contributed by atoms with van der Waals surface area (Å²) in [4.78, 5) is 53.9. The van der Waals surface area contributed by atoms with Crippen LogP contribution in [-0.4, -0.2) is 74.5 Å². The highest BCUT2D eigenvalue weighted by atomic mass is 127. The number of anilines is 5. The number of para-hydroxylation sites is 1. The van der Waals surface area contributed by atoms with Gasteiger partial charge in [0, 0.05) is 66.1 Å². The molecule has 0 aliphatic heterocycles. The third-order valence-electron chi connectivity index (χ3n) is 14.0. The van der Waals surface area contributed by atoms with Crippen LogP contribution >= 0.6 is 34.2 Å². The van der Waals surface area contributed by atoms with Crippen molar-refractivity contribution in [3.63, 3.8) is 0 Å². The smallest absolute Gasteiger partial charge is 0.339 e. The maximum Gasteiger partial charge on any atom is 0.339 e. The van der Waals surface area contributed by atoms with Gasteiger partial charge in [0.25, 0.3) is 0 Å². The molecule has 95 heavy (non-hydrogen) atoms. The number of rotatable bonds is 20. The average molecular weight is 1440 g/mol. The first-order valence-electron chi connectivity index (χ1n) is 28.7. The summed E-state index contributed by atoms with van der Waals surface area (Å²) in [6.45, 7) is 1.68. The van der Waals surface area contributed by atoms with Crippen molar-refractivity contribution in [2.24, 2.45) is 0 Å². The zero-order chi connectivity index (χ0) is 69.2. The Morgan fingerprint density at radius 1 is 0.474 bits per heavy atom. The lowest BCUT2D eigenvalue weighted by atomic mass is 9.92. The van der Waals surface area contributed by atoms with Crippen LogP contribution in [0.15, 0.2) is 194 Å². The normalized spacial score (nSPS) is 11.9. The van der Waals surface area contributed by atoms with Crippen LogP contribution in [0, 0.1) is 32.7 Å². The third-order valence-corrected chi connectivity index (χ3v) is 15.2. The fourth-order valence-corrected chi connectivity index (χ4v) is 9.72. The van der Waals surface area contributed by atoms with Gasteiger partial charge in [-0.25, -0.2) is 54.7 Å². The number of carbonyl (C=O) groups is 5. The van der Waals surface area contributed by atoms with Gasteiger partial charge in [0.15, 0.2) is 17.5 Å². The van der Waals surface area contributed by atoms with Crippen LogP contribution < -0.4 is 31.3 Å². The molecule has 0 aromatic heterocycles. The molecule has 1 aliphatic carbocycles. The number of carboxylic acids is 5. The fourth-order valence-electron chi connectivity index (χ4n) is 8.78. The van der Waals surface area contributed by atoms with Crippen molar-refractivity contribution in [1.29, 1.82) is 0 Å². The van der Waals surface area contributed by atoms with E-state index in [2.05, 4.69) is 49.2 Å². The maximum atomic E-state index is 13.4. The van der Waals surface area contributed by atoms with Crippen LogP contribution in [0.1, 0.15) is 99.7 Å². The van der Waals surface area contributed by atoms with Crippen LogP contribution in [0.5, 0.6) is 5.75 Å². The number of aromatic carboxylic acids is 5. The number of alkyl halides is 2. The number of benzene rings is 9. The van der Waals surface area contributed by atoms with E-state index in [4.69, 9.17) is 41.9 Å². The molecule has 0 amide bonds. The Morgan fingerprint density at radius 2 is 0.895 bits per heavy atom. The van der Waals surface area contributed by atoms with Gasteiger partial charge in [0.2, 0.25) is 5.92 Å². The molecule has 0 unspecified atom stereocenters. The lowest BCUT2D eigenvalue weighted by Crippen LogP contribution is -2.31. The Morgan fingerprint density at radius 3 is 1.35 bits per heavy atom. The minimum Gasteiger partial charge on any atom is -0.496 e. The fraction of sp³-hybridized carbons (Fsp3) is 0.157. The second kappa shape index (κ2) is 36.2. The molecule has 496 valence electrons. The minimum atomic E-state index is -2.52. The standard InChI is InChI=1S/C15H14ClNO3.C14H10F3NO2.C14H11F2NO2.C14H12INO2.C13H15F2NO2/c1-20-14-8-13(12(16)7-11(14)15(18)19)17-9-10-5-3-2-4-6-10;15-10-5-6-11(13(17)12(10)16)18-7-8-1-3-9(4-2-8)14(19)20;15-11-2-1-3-12(16)13(11)17-8-9-4-6-10(7-5-9)14(18)19;15-12-8-11(14(17)18)6-7-13(12)16-9-10-4-2-1-3-5-10;14-13(15)7-5-11(6-8-13)16-10-3-1-9(2-4-10)12(17)18/h2-8,17H,9H2,1H3,(H,18,19);1-6,18H,7H2,(H,19,20);1-7,17H,8H2,(H,18,19);1-8,16H,9H2,(H,17,18);1-4,11,16H,5-8H2,(H,17,18). The van der Waals surface area contributed by atoms with E-state index >= 15 is 0 Å². The first-order chi connectivity index (χ1) is 45.3. The molecule has 0 heterocycles. The van der Waals surface area contributed by atoms with Gasteiger partial charge in [-0.2, -0.15) is 0 Å². The lowest BCUT2D eigenvalue weighted by Gasteiger charge is -2.29. The van der Waals surface area contributed by atoms with E-state index in [9.17, 15) is 54.7 Å². The number of ether oxygens (including phenoxy) is 1. The van der Waals surface area contributed by atoms with Gasteiger partial charge < -0.3 is 56.9 Å². The number of methoxy groups -OCH3 is 1. The molecule has 0 spiro atoms. The van der Waals surface area contributed by atoms with Gasteiger partial charge in [-0.15, -0.1) is 0 Å². The van der Waals surface area contributed by atoms with Crippen LogP contribution in [0.4, 0.5) is 59.2 Å². The minimum absolute atomic E-state index is 0.0419. The predicted molar refractivity (Wildman–Crippen MR) is 357 cm³/mol. The molecule has 9 aromatic rings. The van der Waals surface area contributed by atoms with Crippen molar-refractivity contribution in [2.75, 3.05) is 33.7 Å². The molecule has 9 aromatic carbocycles. The zero-order valence-corrected chi connectivity index (χ0v) is 53.2. The first kappa shape index (κ1) is 73.7. The largest absolute Gasteiger partial charge is 0.496 e. The van der Waals surface area contributed by atoms with Gasteiger partial charge in [0.05, 0.1) is 45.8 Å². The summed E-state index contributed by atoms with van der Waals surface area (Å²) in [7, 11) is 1.43. The molecular formula is C70H62ClF7IN5O11. The zero-order valence-electron chi connectivity index (χ0n) is 50.3. The molecule has 10 rings (SSSR count). The Hall–Kier alpha value is -10.3. The lowest BCUT2D eigenvalue weighted by molar-refractivity contribution is -0.0361. The average Bonchev–Trinajstić information content (AvgIpc) is 2.55. The van der Waals surface area contributed by atoms with Crippen LogP contribution in [0.3, 0.4) is 0 Å². The van der Waals surface area contributed by atoms with Crippen LogP contribution in [0.25, 0.3) is 0 Å². The predicted octanol–water partition coefficient (Wildman–Crippen LogP) is 17.3. The topological polar surface area (TPSA) is 256 Å². The molecular weight excluding hydrogens is 1380 g/mol. The number of nitrogens with one attached hydrogen (secondary N) is 5. The van der Waals surface area contributed by atoms with Gasteiger partial charge in [-0.05, 0) is 155 Å². The summed E-state index contributed by atoms with van der Waals surface area (Å²) in [6.07, 6.45) is 0.705. The molecule has 0 bridgehead atoms. The van der Waals surface area contributed by atoms with Gasteiger partial charge in [-0.3, -0.25) is 0 Å². The van der Waals surface area contributed by atoms with Crippen molar-refractivity contribution in [3.05, 3.63) is 282 Å². The Bertz CT molecular complexity index is 4030. The summed E-state index contributed by atoms with van der Waals surface area (Å²) >= 11 is 8.22.